The van der Waals surface area contributed by atoms with Crippen LogP contribution >= 0.6 is 0 Å². The molecular weight excluding hydrogens is 275 g/mol. The first-order valence-corrected chi connectivity index (χ1v) is 11.6. The lowest BCUT2D eigenvalue weighted by atomic mass is 10.2. The zero-order chi connectivity index (χ0) is 15.8. The third kappa shape index (κ3) is 15.1. The lowest BCUT2D eigenvalue weighted by molar-refractivity contribution is -0.0705. The Bertz CT molecular complexity index is 188. The van der Waals surface area contributed by atoms with Crippen molar-refractivity contribution >= 4 is 14.5 Å². The van der Waals surface area contributed by atoms with Crippen molar-refractivity contribution in [3.05, 3.63) is 0 Å². The standard InChI is InChI=1S/C6H13O2.2C6H13.Al/c1-3-4-5-8-6(2)7;2*1-3-5-6-4-2;/h6H,3-5H2,1-2H3;2*1,3-6H2,2H3;/q-1;;;+1. The van der Waals surface area contributed by atoms with E-state index in [0.29, 0.717) is 0 Å². The Balaban J connectivity index is 3.91. The topological polar surface area (TPSA) is 18.5 Å². The third-order valence-corrected chi connectivity index (χ3v) is 6.87. The molecule has 0 N–H and O–H groups in total. The van der Waals surface area contributed by atoms with Gasteiger partial charge in [0.1, 0.15) is 6.29 Å². The summed E-state index contributed by atoms with van der Waals surface area (Å²) in [6.45, 7) is 9.70. The Labute approximate surface area is 138 Å². The van der Waals surface area contributed by atoms with E-state index in [0.717, 1.165) is 13.0 Å². The Hall–Kier alpha value is 0.452. The first-order chi connectivity index (χ1) is 10.2. The SMILES string of the molecule is CCCCC[CH2][Al]([CH2]CCCCC)[O]C(C)OCCCC. The summed E-state index contributed by atoms with van der Waals surface area (Å²) in [5.74, 6) is 0. The molecule has 0 aromatic rings. The van der Waals surface area contributed by atoms with Crippen molar-refractivity contribution in [1.29, 1.82) is 0 Å². The maximum Gasteiger partial charge on any atom is 0.462 e. The fourth-order valence-electron chi connectivity index (χ4n) is 2.58. The van der Waals surface area contributed by atoms with E-state index >= 15 is 0 Å². The van der Waals surface area contributed by atoms with E-state index in [9.17, 15) is 0 Å². The normalized spacial score (nSPS) is 12.6. The molecule has 0 aliphatic heterocycles. The molecule has 0 heterocycles. The molecule has 0 aliphatic rings. The molecule has 0 aliphatic carbocycles. The second-order valence-electron chi connectivity index (χ2n) is 6.25. The Kier molecular flexibility index (Phi) is 17.2. The van der Waals surface area contributed by atoms with Crippen LogP contribution in [0.1, 0.15) is 91.9 Å². The van der Waals surface area contributed by atoms with Crippen LogP contribution in [0.2, 0.25) is 10.6 Å². The molecule has 0 fully saturated rings. The third-order valence-electron chi connectivity index (χ3n) is 3.99. The highest BCUT2D eigenvalue weighted by molar-refractivity contribution is 6.51. The van der Waals surface area contributed by atoms with Crippen LogP contribution in [0.25, 0.3) is 0 Å². The smallest absolute Gasteiger partial charge is 0.462 e. The molecular formula is C18H39AlO2. The fourth-order valence-corrected chi connectivity index (χ4v) is 5.25. The summed E-state index contributed by atoms with van der Waals surface area (Å²) in [4.78, 5) is 0. The molecule has 3 heteroatoms. The molecule has 1 atom stereocenters. The van der Waals surface area contributed by atoms with Crippen LogP contribution in [0.5, 0.6) is 0 Å². The van der Waals surface area contributed by atoms with Crippen molar-refractivity contribution < 1.29 is 8.53 Å². The van der Waals surface area contributed by atoms with E-state index in [1.54, 1.807) is 0 Å². The highest BCUT2D eigenvalue weighted by atomic mass is 27.2. The largest absolute Gasteiger partial charge is 0.478 e. The average Bonchev–Trinajstić information content (AvgIpc) is 2.48. The van der Waals surface area contributed by atoms with Crippen LogP contribution in [0, 0.1) is 0 Å². The second kappa shape index (κ2) is 16.8. The van der Waals surface area contributed by atoms with Crippen molar-refractivity contribution in [2.24, 2.45) is 0 Å². The summed E-state index contributed by atoms with van der Waals surface area (Å²) in [5, 5.41) is 2.68. The van der Waals surface area contributed by atoms with Gasteiger partial charge in [-0.15, -0.1) is 0 Å². The number of hydrogen-bond acceptors (Lipinski definition) is 2. The van der Waals surface area contributed by atoms with Crippen LogP contribution < -0.4 is 0 Å². The van der Waals surface area contributed by atoms with Crippen LogP contribution in [-0.2, 0) is 8.53 Å². The zero-order valence-electron chi connectivity index (χ0n) is 15.2. The number of ether oxygens (including phenoxy) is 1. The van der Waals surface area contributed by atoms with Gasteiger partial charge >= 0.3 is 14.5 Å². The summed E-state index contributed by atoms with van der Waals surface area (Å²) >= 11 is -1.05. The Morgan fingerprint density at radius 3 is 1.71 bits per heavy atom. The van der Waals surface area contributed by atoms with Crippen molar-refractivity contribution in [1.82, 2.24) is 0 Å². The van der Waals surface area contributed by atoms with E-state index in [2.05, 4.69) is 27.7 Å². The van der Waals surface area contributed by atoms with E-state index in [-0.39, 0.29) is 6.29 Å². The molecule has 2 nitrogen and oxygen atoms in total. The summed E-state index contributed by atoms with van der Waals surface area (Å²) < 4.78 is 12.1. The molecule has 0 spiro atoms. The van der Waals surface area contributed by atoms with Crippen LogP contribution in [0.3, 0.4) is 0 Å². The summed E-state index contributed by atoms with van der Waals surface area (Å²) in [7, 11) is 0. The van der Waals surface area contributed by atoms with Gasteiger partial charge in [0.05, 0.1) is 0 Å². The molecule has 21 heavy (non-hydrogen) atoms. The lowest BCUT2D eigenvalue weighted by Crippen LogP contribution is -2.26. The van der Waals surface area contributed by atoms with Gasteiger partial charge < -0.3 is 8.53 Å². The highest BCUT2D eigenvalue weighted by Crippen LogP contribution is 2.16. The van der Waals surface area contributed by atoms with Gasteiger partial charge in [-0.3, -0.25) is 0 Å². The molecule has 0 amide bonds. The molecule has 0 rings (SSSR count). The highest BCUT2D eigenvalue weighted by Gasteiger charge is 2.22. The lowest BCUT2D eigenvalue weighted by Gasteiger charge is -2.20. The molecule has 0 saturated heterocycles. The fraction of sp³-hybridized carbons (Fsp3) is 1.00. The Morgan fingerprint density at radius 2 is 1.24 bits per heavy atom. The van der Waals surface area contributed by atoms with Crippen molar-refractivity contribution in [3.8, 4) is 0 Å². The van der Waals surface area contributed by atoms with Gasteiger partial charge in [-0.05, 0) is 13.3 Å². The Morgan fingerprint density at radius 1 is 0.714 bits per heavy atom. The van der Waals surface area contributed by atoms with Gasteiger partial charge in [-0.1, -0.05) is 89.1 Å². The first kappa shape index (κ1) is 21.5. The van der Waals surface area contributed by atoms with Crippen molar-refractivity contribution in [2.45, 2.75) is 109 Å². The monoisotopic (exact) mass is 314 g/mol. The minimum Gasteiger partial charge on any atom is -0.478 e. The predicted molar refractivity (Wildman–Crippen MR) is 95.1 cm³/mol. The molecule has 0 aromatic carbocycles. The maximum absolute atomic E-state index is 6.27. The quantitative estimate of drug-likeness (QED) is 0.188. The number of rotatable bonds is 16. The van der Waals surface area contributed by atoms with Gasteiger partial charge in [0.25, 0.3) is 0 Å². The predicted octanol–water partition coefficient (Wildman–Crippen LogP) is 6.32. The van der Waals surface area contributed by atoms with Gasteiger partial charge in [0.15, 0.2) is 0 Å². The molecule has 126 valence electrons. The van der Waals surface area contributed by atoms with E-state index in [1.165, 1.54) is 68.4 Å². The molecule has 0 saturated carbocycles. The van der Waals surface area contributed by atoms with Gasteiger partial charge in [-0.25, -0.2) is 0 Å². The first-order valence-electron chi connectivity index (χ1n) is 9.51. The maximum atomic E-state index is 6.27. The van der Waals surface area contributed by atoms with E-state index < -0.39 is 14.5 Å². The van der Waals surface area contributed by atoms with Gasteiger partial charge in [0.2, 0.25) is 0 Å². The average molecular weight is 314 g/mol. The summed E-state index contributed by atoms with van der Waals surface area (Å²) in [6.07, 6.45) is 13.2. The minimum atomic E-state index is -1.05. The number of hydrogen-bond donors (Lipinski definition) is 0. The zero-order valence-corrected chi connectivity index (χ0v) is 16.3. The molecule has 0 aromatic heterocycles. The van der Waals surface area contributed by atoms with Gasteiger partial charge in [0, 0.05) is 6.61 Å². The van der Waals surface area contributed by atoms with E-state index in [1.807, 2.05) is 0 Å². The molecule has 0 bridgehead atoms. The van der Waals surface area contributed by atoms with Crippen molar-refractivity contribution in [2.75, 3.05) is 6.61 Å². The number of unbranched alkanes of at least 4 members (excludes halogenated alkanes) is 7. The summed E-state index contributed by atoms with van der Waals surface area (Å²) in [5.41, 5.74) is 0. The van der Waals surface area contributed by atoms with Crippen LogP contribution in [0.15, 0.2) is 0 Å². The van der Waals surface area contributed by atoms with Crippen LogP contribution in [-0.4, -0.2) is 27.4 Å². The van der Waals surface area contributed by atoms with Crippen LogP contribution in [0.4, 0.5) is 0 Å². The van der Waals surface area contributed by atoms with E-state index in [4.69, 9.17) is 8.53 Å². The second-order valence-corrected chi connectivity index (χ2v) is 8.92. The minimum absolute atomic E-state index is 0.0190. The molecule has 1 unspecified atom stereocenters. The van der Waals surface area contributed by atoms with Crippen molar-refractivity contribution in [3.63, 3.8) is 0 Å². The van der Waals surface area contributed by atoms with Gasteiger partial charge in [-0.2, -0.15) is 0 Å². The summed E-state index contributed by atoms with van der Waals surface area (Å²) in [6, 6.07) is 0. The molecule has 0 radical (unpaired) electrons.